The van der Waals surface area contributed by atoms with Crippen LogP contribution in [0.5, 0.6) is 0 Å². The Labute approximate surface area is 626 Å². The Morgan fingerprint density at radius 2 is 0.896 bits per heavy atom. The molecule has 3 aromatic rings. The van der Waals surface area contributed by atoms with E-state index in [0.717, 1.165) is 38.9 Å². The lowest BCUT2D eigenvalue weighted by atomic mass is 9.97. The molecule has 2 aliphatic heterocycles. The topological polar surface area (TPSA) is 337 Å². The van der Waals surface area contributed by atoms with Crippen LogP contribution in [-0.2, 0) is 81.6 Å². The second kappa shape index (κ2) is 41.0. The lowest BCUT2D eigenvalue weighted by Crippen LogP contribution is -2.62. The zero-order chi connectivity index (χ0) is 79.1. The first-order chi connectivity index (χ1) is 49.8. The Bertz CT molecular complexity index is 3480. The highest BCUT2D eigenvalue weighted by atomic mass is 16.3. The molecule has 3 aromatic carbocycles. The molecule has 584 valence electrons. The van der Waals surface area contributed by atoms with Crippen LogP contribution in [0.25, 0.3) is 0 Å². The standard InChI is InChI=1S/C79H119N13O14/c1-47(2)39-58-77(104)90(17)63(42-50(7)8)72(99)85-67(54(12)93)73(100)81-51(9)74(101)87(14)65(45-57-35-27-21-28-36-57)71(98)83-59(43-55-31-23-19-24-32-55)78(105)89(16)62(41-49(5)6)70(97)84-60(46-66(94)86(13)53(11)76(103)88(15)61(40-48(3)4)69(96)82-58)79(106)91(18)64(44-56-33-25-20-26-34-56)68(95)80-52(10)75(102)92-37-29-22-30-38-92/h19-21,23-28,31-36,47-54,58-65,67,93H,22,29-30,37-46H2,1-18H3,(H,80,95)(H,81,100)(H,82,96)(H,83,98)(H,84,97)(H,85,99)/t51-,52-,53-,54+,58-,59-,60-,61-,62-,63-,64-,65-,67-/m0/s1. The first kappa shape index (κ1) is 87.4. The van der Waals surface area contributed by atoms with Crippen molar-refractivity contribution < 1.29 is 67.4 Å². The largest absolute Gasteiger partial charge is 0.391 e. The van der Waals surface area contributed by atoms with Crippen LogP contribution in [0, 0.1) is 23.7 Å². The Balaban J connectivity index is 1.72. The van der Waals surface area contributed by atoms with Crippen molar-refractivity contribution in [3.05, 3.63) is 108 Å². The summed E-state index contributed by atoms with van der Waals surface area (Å²) in [7, 11) is 8.15. The lowest BCUT2D eigenvalue weighted by molar-refractivity contribution is -0.150. The highest BCUT2D eigenvalue weighted by Crippen LogP contribution is 2.23. The number of likely N-dealkylation sites (N-methyl/N-ethyl adjacent to an activating group) is 6. The fourth-order valence-corrected chi connectivity index (χ4v) is 13.5. The average molecular weight is 1470 g/mol. The molecule has 27 heteroatoms. The molecule has 106 heavy (non-hydrogen) atoms. The molecule has 13 atom stereocenters. The molecule has 5 rings (SSSR count). The molecule has 0 saturated carbocycles. The van der Waals surface area contributed by atoms with E-state index in [0.29, 0.717) is 29.8 Å². The van der Waals surface area contributed by atoms with Crippen molar-refractivity contribution in [1.29, 1.82) is 0 Å². The second-order valence-corrected chi connectivity index (χ2v) is 30.6. The van der Waals surface area contributed by atoms with Crippen LogP contribution >= 0.6 is 0 Å². The van der Waals surface area contributed by atoms with E-state index in [4.69, 9.17) is 0 Å². The van der Waals surface area contributed by atoms with Gasteiger partial charge in [0, 0.05) is 74.6 Å². The van der Waals surface area contributed by atoms with E-state index in [1.54, 1.807) is 117 Å². The van der Waals surface area contributed by atoms with Gasteiger partial charge in [0.2, 0.25) is 76.8 Å². The molecule has 27 nitrogen and oxygen atoms in total. The van der Waals surface area contributed by atoms with E-state index in [1.165, 1.54) is 72.9 Å². The van der Waals surface area contributed by atoms with Gasteiger partial charge in [0.05, 0.1) is 12.5 Å². The minimum atomic E-state index is -1.83. The van der Waals surface area contributed by atoms with Crippen molar-refractivity contribution in [1.82, 2.24) is 66.2 Å². The predicted octanol–water partition coefficient (Wildman–Crippen LogP) is 3.63. The van der Waals surface area contributed by atoms with Gasteiger partial charge in [-0.05, 0) is 113 Å². The maximum absolute atomic E-state index is 15.7. The molecule has 0 aliphatic carbocycles. The van der Waals surface area contributed by atoms with Crippen LogP contribution in [0.15, 0.2) is 91.0 Å². The third-order valence-corrected chi connectivity index (χ3v) is 19.9. The summed E-state index contributed by atoms with van der Waals surface area (Å²) in [5.41, 5.74) is 1.81. The van der Waals surface area contributed by atoms with Gasteiger partial charge >= 0.3 is 0 Å². The number of amides is 13. The Hall–Kier alpha value is -9.27. The van der Waals surface area contributed by atoms with Gasteiger partial charge in [-0.2, -0.15) is 0 Å². The summed E-state index contributed by atoms with van der Waals surface area (Å²) in [6, 6.07) is 9.43. The van der Waals surface area contributed by atoms with Crippen molar-refractivity contribution in [2.75, 3.05) is 55.4 Å². The van der Waals surface area contributed by atoms with Gasteiger partial charge in [-0.1, -0.05) is 146 Å². The maximum Gasteiger partial charge on any atom is 0.246 e. The van der Waals surface area contributed by atoms with E-state index >= 15 is 28.8 Å². The number of likely N-dealkylation sites (tertiary alicyclic amines) is 1. The molecule has 2 saturated heterocycles. The fraction of sp³-hybridized carbons (Fsp3) is 0.608. The van der Waals surface area contributed by atoms with Crippen molar-refractivity contribution in [3.63, 3.8) is 0 Å². The van der Waals surface area contributed by atoms with Gasteiger partial charge in [0.15, 0.2) is 0 Å². The van der Waals surface area contributed by atoms with Crippen LogP contribution < -0.4 is 31.9 Å². The highest BCUT2D eigenvalue weighted by molar-refractivity contribution is 6.01. The molecule has 2 aliphatic rings. The van der Waals surface area contributed by atoms with Gasteiger partial charge in [-0.3, -0.25) is 62.3 Å². The van der Waals surface area contributed by atoms with Crippen molar-refractivity contribution in [3.8, 4) is 0 Å². The molecule has 2 heterocycles. The lowest BCUT2D eigenvalue weighted by Gasteiger charge is -2.37. The Morgan fingerprint density at radius 1 is 0.481 bits per heavy atom. The number of benzene rings is 3. The first-order valence-corrected chi connectivity index (χ1v) is 37.3. The van der Waals surface area contributed by atoms with Crippen LogP contribution in [-0.4, -0.2) is 250 Å². The maximum atomic E-state index is 15.7. The van der Waals surface area contributed by atoms with Gasteiger partial charge in [-0.15, -0.1) is 0 Å². The number of nitrogens with zero attached hydrogens (tertiary/aromatic N) is 7. The third kappa shape index (κ3) is 24.9. The number of aliphatic hydroxyl groups is 1. The summed E-state index contributed by atoms with van der Waals surface area (Å²) in [4.78, 5) is 204. The number of piperidine rings is 1. The molecular weight excluding hydrogens is 1350 g/mol. The summed E-state index contributed by atoms with van der Waals surface area (Å²) < 4.78 is 0. The first-order valence-electron chi connectivity index (χ1n) is 37.3. The van der Waals surface area contributed by atoms with Crippen LogP contribution in [0.3, 0.4) is 0 Å². The molecule has 0 aromatic heterocycles. The quantitative estimate of drug-likeness (QED) is 0.0850. The number of hydrogen-bond acceptors (Lipinski definition) is 14. The second-order valence-electron chi connectivity index (χ2n) is 30.6. The smallest absolute Gasteiger partial charge is 0.246 e. The molecule has 7 N–H and O–H groups in total. The highest BCUT2D eigenvalue weighted by Gasteiger charge is 2.44. The van der Waals surface area contributed by atoms with E-state index in [-0.39, 0.29) is 74.5 Å². The molecule has 2 fully saturated rings. The molecule has 0 radical (unpaired) electrons. The average Bonchev–Trinajstić information content (AvgIpc) is 0.828. The zero-order valence-corrected chi connectivity index (χ0v) is 65.6. The van der Waals surface area contributed by atoms with E-state index < -0.39 is 156 Å². The summed E-state index contributed by atoms with van der Waals surface area (Å²) in [6.45, 7) is 21.2. The number of nitrogens with one attached hydrogen (secondary N) is 6. The summed E-state index contributed by atoms with van der Waals surface area (Å²) in [5, 5.41) is 27.8. The van der Waals surface area contributed by atoms with Crippen LogP contribution in [0.1, 0.15) is 151 Å². The van der Waals surface area contributed by atoms with E-state index in [1.807, 2.05) is 41.5 Å². The molecule has 0 bridgehead atoms. The minimum absolute atomic E-state index is 0.0462. The van der Waals surface area contributed by atoms with Crippen molar-refractivity contribution in [2.45, 2.75) is 232 Å². The summed E-state index contributed by atoms with van der Waals surface area (Å²) in [5.74, 6) is -11.1. The predicted molar refractivity (Wildman–Crippen MR) is 403 cm³/mol. The van der Waals surface area contributed by atoms with E-state index in [2.05, 4.69) is 31.9 Å². The number of aliphatic hydroxyl groups excluding tert-OH is 1. The monoisotopic (exact) mass is 1470 g/mol. The van der Waals surface area contributed by atoms with Gasteiger partial charge in [-0.25, -0.2) is 0 Å². The van der Waals surface area contributed by atoms with Crippen LogP contribution in [0.2, 0.25) is 0 Å². The zero-order valence-electron chi connectivity index (χ0n) is 65.6. The van der Waals surface area contributed by atoms with Gasteiger partial charge in [0.25, 0.3) is 0 Å². The Kier molecular flexibility index (Phi) is 33.8. The SMILES string of the molecule is CC(C)C[C@@H]1NC(=O)[C@H](CC(C)C)N(C)C(=O)[C@H](C)N(C)C(=O)C[C@@H](C(=O)N(C)[C@@H](Cc2ccccc2)C(=O)N[C@@H](C)C(=O)N2CCCCC2)NC(=O)[C@H](CC(C)C)N(C)C(=O)[C@H](Cc2ccccc2)NC(=O)[C@H](Cc2ccccc2)N(C)C(=O)[C@H](C)NC(=O)[C@H]([C@@H](C)O)NC(=O)[C@H](CC(C)C)N(C)C1=O. The van der Waals surface area contributed by atoms with E-state index in [9.17, 15) is 38.7 Å². The minimum Gasteiger partial charge on any atom is -0.391 e. The fourth-order valence-electron chi connectivity index (χ4n) is 13.5. The number of hydrogen-bond donors (Lipinski definition) is 7. The van der Waals surface area contributed by atoms with Crippen LogP contribution in [0.4, 0.5) is 0 Å². The van der Waals surface area contributed by atoms with Gasteiger partial charge < -0.3 is 71.3 Å². The number of rotatable bonds is 20. The number of carbonyl (C=O) groups excluding carboxylic acids is 13. The molecule has 0 spiro atoms. The summed E-state index contributed by atoms with van der Waals surface area (Å²) >= 11 is 0. The van der Waals surface area contributed by atoms with Crippen molar-refractivity contribution >= 4 is 76.8 Å². The number of carbonyl (C=O) groups is 13. The third-order valence-electron chi connectivity index (χ3n) is 19.9. The molecular formula is C79H119N13O14. The Morgan fingerprint density at radius 3 is 1.38 bits per heavy atom. The molecule has 13 amide bonds. The normalized spacial score (nSPS) is 24.3. The summed E-state index contributed by atoms with van der Waals surface area (Å²) in [6.07, 6.45) is -0.0634. The molecule has 0 unspecified atom stereocenters. The van der Waals surface area contributed by atoms with Crippen molar-refractivity contribution in [2.24, 2.45) is 23.7 Å². The van der Waals surface area contributed by atoms with Gasteiger partial charge in [0.1, 0.15) is 72.5 Å².